The predicted molar refractivity (Wildman–Crippen MR) is 125 cm³/mol. The van der Waals surface area contributed by atoms with Crippen LogP contribution >= 0.6 is 11.8 Å². The molecule has 5 rings (SSSR count). The fourth-order valence-electron chi connectivity index (χ4n) is 3.95. The lowest BCUT2D eigenvalue weighted by molar-refractivity contribution is -0.151. The minimum atomic E-state index is -0.615. The number of fused-ring (bicyclic) bond motifs is 2. The van der Waals surface area contributed by atoms with Crippen molar-refractivity contribution in [3.05, 3.63) is 71.6 Å². The van der Waals surface area contributed by atoms with E-state index in [1.807, 2.05) is 36.4 Å². The highest BCUT2D eigenvalue weighted by molar-refractivity contribution is 8.00. The molecule has 170 valence electrons. The number of hydrogen-bond acceptors (Lipinski definition) is 7. The standard InChI is InChI=1S/C24H23N3O5S/c1-30-16-8-6-14(7-9-16)11-32-24(29)21-15(13-33-23-20(25)22(28)27(21)23)12-31-19-10-26-18-5-3-2-4-17(18)19/h2-10,20,23,26H,11-13,25H2,1H3. The molecule has 3 heterocycles. The first-order valence-corrected chi connectivity index (χ1v) is 11.5. The van der Waals surface area contributed by atoms with E-state index in [1.54, 1.807) is 25.4 Å². The van der Waals surface area contributed by atoms with E-state index in [0.717, 1.165) is 22.2 Å². The van der Waals surface area contributed by atoms with Crippen molar-refractivity contribution in [2.24, 2.45) is 5.73 Å². The number of β-lactam (4-membered cyclic amide) rings is 1. The van der Waals surface area contributed by atoms with Crippen molar-refractivity contribution in [1.82, 2.24) is 9.88 Å². The number of rotatable bonds is 7. The zero-order valence-electron chi connectivity index (χ0n) is 17.9. The molecule has 2 unspecified atom stereocenters. The maximum Gasteiger partial charge on any atom is 0.355 e. The molecule has 2 aliphatic rings. The number of aromatic nitrogens is 1. The number of thioether (sulfide) groups is 1. The molecule has 0 bridgehead atoms. The number of carbonyl (C=O) groups excluding carboxylic acids is 2. The molecule has 2 atom stereocenters. The molecule has 33 heavy (non-hydrogen) atoms. The smallest absolute Gasteiger partial charge is 0.355 e. The summed E-state index contributed by atoms with van der Waals surface area (Å²) in [5, 5.41) is 0.683. The monoisotopic (exact) mass is 465 g/mol. The maximum atomic E-state index is 13.1. The van der Waals surface area contributed by atoms with E-state index in [4.69, 9.17) is 19.9 Å². The molecular weight excluding hydrogens is 442 g/mol. The molecule has 0 spiro atoms. The lowest BCUT2D eigenvalue weighted by Crippen LogP contribution is -2.68. The van der Waals surface area contributed by atoms with Crippen molar-refractivity contribution in [3.8, 4) is 11.5 Å². The Balaban J connectivity index is 1.36. The Morgan fingerprint density at radius 3 is 2.76 bits per heavy atom. The maximum absolute atomic E-state index is 13.1. The van der Waals surface area contributed by atoms with Gasteiger partial charge in [0.15, 0.2) is 0 Å². The highest BCUT2D eigenvalue weighted by Crippen LogP contribution is 2.40. The molecule has 1 saturated heterocycles. The van der Waals surface area contributed by atoms with Crippen molar-refractivity contribution >= 4 is 34.5 Å². The summed E-state index contributed by atoms with van der Waals surface area (Å²) in [4.78, 5) is 30.2. The third-order valence-corrected chi connectivity index (χ3v) is 7.12. The first-order valence-electron chi connectivity index (χ1n) is 10.5. The van der Waals surface area contributed by atoms with Gasteiger partial charge >= 0.3 is 5.97 Å². The number of amides is 1. The molecule has 0 aliphatic carbocycles. The third kappa shape index (κ3) is 3.94. The second-order valence-electron chi connectivity index (χ2n) is 7.80. The molecule has 0 radical (unpaired) electrons. The van der Waals surface area contributed by atoms with Gasteiger partial charge in [-0.05, 0) is 29.8 Å². The molecule has 0 saturated carbocycles. The number of nitrogens with two attached hydrogens (primary N) is 1. The lowest BCUT2D eigenvalue weighted by Gasteiger charge is -2.48. The van der Waals surface area contributed by atoms with Crippen LogP contribution in [0.3, 0.4) is 0 Å². The van der Waals surface area contributed by atoms with Crippen molar-refractivity contribution in [2.45, 2.75) is 18.0 Å². The molecule has 3 aromatic rings. The molecule has 3 N–H and O–H groups in total. The van der Waals surface area contributed by atoms with Crippen molar-refractivity contribution in [3.63, 3.8) is 0 Å². The van der Waals surface area contributed by atoms with Crippen LogP contribution in [0.5, 0.6) is 11.5 Å². The largest absolute Gasteiger partial charge is 0.497 e. The van der Waals surface area contributed by atoms with Gasteiger partial charge in [-0.25, -0.2) is 4.79 Å². The number of carbonyl (C=O) groups is 2. The first kappa shape index (κ1) is 21.4. The van der Waals surface area contributed by atoms with Crippen LogP contribution in [0.2, 0.25) is 0 Å². The fourth-order valence-corrected chi connectivity index (χ4v) is 5.22. The second kappa shape index (κ2) is 8.84. The Hall–Kier alpha value is -3.43. The normalized spacial score (nSPS) is 19.8. The van der Waals surface area contributed by atoms with Crippen LogP contribution in [-0.2, 0) is 20.9 Å². The molecule has 1 fully saturated rings. The van der Waals surface area contributed by atoms with Gasteiger partial charge in [0.25, 0.3) is 0 Å². The molecular formula is C24H23N3O5S. The van der Waals surface area contributed by atoms with Crippen molar-refractivity contribution < 1.29 is 23.8 Å². The fraction of sp³-hybridized carbons (Fsp3) is 0.250. The summed E-state index contributed by atoms with van der Waals surface area (Å²) < 4.78 is 16.8. The third-order valence-electron chi connectivity index (χ3n) is 5.76. The number of nitrogens with one attached hydrogen (secondary N) is 1. The summed E-state index contributed by atoms with van der Waals surface area (Å²) in [6, 6.07) is 14.4. The second-order valence-corrected chi connectivity index (χ2v) is 8.90. The highest BCUT2D eigenvalue weighted by Gasteiger charge is 2.52. The zero-order chi connectivity index (χ0) is 22.9. The van der Waals surface area contributed by atoms with Crippen LogP contribution in [0.1, 0.15) is 5.56 Å². The van der Waals surface area contributed by atoms with Crippen LogP contribution in [0.15, 0.2) is 66.0 Å². The molecule has 1 amide bonds. The van der Waals surface area contributed by atoms with Crippen LogP contribution in [0.25, 0.3) is 10.9 Å². The first-order chi connectivity index (χ1) is 16.1. The van der Waals surface area contributed by atoms with Gasteiger partial charge in [-0.15, -0.1) is 11.8 Å². The lowest BCUT2D eigenvalue weighted by atomic mass is 10.0. The number of hydrogen-bond donors (Lipinski definition) is 2. The molecule has 8 nitrogen and oxygen atoms in total. The molecule has 2 aromatic carbocycles. The van der Waals surface area contributed by atoms with Gasteiger partial charge in [0, 0.05) is 28.4 Å². The average molecular weight is 466 g/mol. The molecule has 1 aromatic heterocycles. The van der Waals surface area contributed by atoms with E-state index in [2.05, 4.69) is 4.98 Å². The number of esters is 1. The van der Waals surface area contributed by atoms with E-state index >= 15 is 0 Å². The Morgan fingerprint density at radius 2 is 1.97 bits per heavy atom. The summed E-state index contributed by atoms with van der Waals surface area (Å²) in [6.07, 6.45) is 1.79. The Labute approximate surface area is 194 Å². The summed E-state index contributed by atoms with van der Waals surface area (Å²) in [7, 11) is 1.59. The van der Waals surface area contributed by atoms with E-state index < -0.39 is 12.0 Å². The number of aromatic amines is 1. The number of H-pyrrole nitrogens is 1. The van der Waals surface area contributed by atoms with Crippen LogP contribution in [0.4, 0.5) is 0 Å². The number of nitrogens with zero attached hydrogens (tertiary/aromatic N) is 1. The van der Waals surface area contributed by atoms with E-state index in [1.165, 1.54) is 16.7 Å². The Bertz CT molecular complexity index is 1240. The van der Waals surface area contributed by atoms with E-state index in [9.17, 15) is 9.59 Å². The van der Waals surface area contributed by atoms with E-state index in [-0.39, 0.29) is 30.2 Å². The van der Waals surface area contributed by atoms with Gasteiger partial charge < -0.3 is 24.9 Å². The van der Waals surface area contributed by atoms with Gasteiger partial charge in [-0.2, -0.15) is 0 Å². The van der Waals surface area contributed by atoms with E-state index in [0.29, 0.717) is 17.1 Å². The topological polar surface area (TPSA) is 107 Å². The quantitative estimate of drug-likeness (QED) is 0.408. The number of ether oxygens (including phenoxy) is 3. The summed E-state index contributed by atoms with van der Waals surface area (Å²) >= 11 is 1.53. The summed E-state index contributed by atoms with van der Waals surface area (Å²) in [6.45, 7) is 0.238. The summed E-state index contributed by atoms with van der Waals surface area (Å²) in [5.41, 5.74) is 8.66. The SMILES string of the molecule is COc1ccc(COC(=O)C2=C(COc3c[nH]c4ccccc34)CSC3C(N)C(=O)N23)cc1. The van der Waals surface area contributed by atoms with Gasteiger partial charge in [0.05, 0.1) is 7.11 Å². The van der Waals surface area contributed by atoms with Crippen molar-refractivity contribution in [1.29, 1.82) is 0 Å². The van der Waals surface area contributed by atoms with Crippen molar-refractivity contribution in [2.75, 3.05) is 19.5 Å². The zero-order valence-corrected chi connectivity index (χ0v) is 18.8. The van der Waals surface area contributed by atoms with Gasteiger partial charge in [-0.1, -0.05) is 24.3 Å². The van der Waals surface area contributed by atoms with Gasteiger partial charge in [0.1, 0.15) is 41.8 Å². The average Bonchev–Trinajstić information content (AvgIpc) is 3.28. The van der Waals surface area contributed by atoms with Gasteiger partial charge in [0.2, 0.25) is 5.91 Å². The Morgan fingerprint density at radius 1 is 1.18 bits per heavy atom. The van der Waals surface area contributed by atoms with Crippen LogP contribution < -0.4 is 15.2 Å². The predicted octanol–water partition coefficient (Wildman–Crippen LogP) is 2.80. The van der Waals surface area contributed by atoms with Gasteiger partial charge in [-0.3, -0.25) is 9.69 Å². The van der Waals surface area contributed by atoms with Crippen LogP contribution in [0, 0.1) is 0 Å². The number of para-hydroxylation sites is 1. The number of benzene rings is 2. The highest BCUT2D eigenvalue weighted by atomic mass is 32.2. The van der Waals surface area contributed by atoms with Crippen LogP contribution in [-0.4, -0.2) is 52.6 Å². The minimum absolute atomic E-state index is 0.0782. The molecule has 2 aliphatic heterocycles. The minimum Gasteiger partial charge on any atom is -0.497 e. The molecule has 9 heteroatoms. The summed E-state index contributed by atoms with van der Waals surface area (Å²) in [5.74, 6) is 1.08. The Kier molecular flexibility index (Phi) is 5.74. The number of methoxy groups -OCH3 is 1.